The van der Waals surface area contributed by atoms with Gasteiger partial charge in [-0.2, -0.15) is 5.26 Å². The lowest BCUT2D eigenvalue weighted by molar-refractivity contribution is -0.385. The number of nitriles is 1. The maximum atomic E-state index is 12.6. The minimum Gasteiger partial charge on any atom is -0.293 e. The Balaban J connectivity index is 2.46. The molecule has 5 heteroatoms. The lowest BCUT2D eigenvalue weighted by atomic mass is 9.88. The molecule has 5 nitrogen and oxygen atoms in total. The van der Waals surface area contributed by atoms with E-state index >= 15 is 0 Å². The second-order valence-corrected chi connectivity index (χ2v) is 4.46. The second kappa shape index (κ2) is 6.44. The monoisotopic (exact) mass is 280 g/mol. The number of carbonyl (C=O) groups excluding carboxylic acids is 1. The maximum Gasteiger partial charge on any atom is 0.280 e. The zero-order valence-electron chi connectivity index (χ0n) is 11.1. The van der Waals surface area contributed by atoms with Crippen molar-refractivity contribution in [2.75, 3.05) is 0 Å². The summed E-state index contributed by atoms with van der Waals surface area (Å²) in [6.07, 6.45) is -0.0190. The molecule has 1 unspecified atom stereocenters. The van der Waals surface area contributed by atoms with E-state index in [2.05, 4.69) is 0 Å². The number of nitro groups is 1. The largest absolute Gasteiger partial charge is 0.293 e. The Morgan fingerprint density at radius 3 is 2.38 bits per heavy atom. The molecule has 0 heterocycles. The van der Waals surface area contributed by atoms with Gasteiger partial charge in [-0.05, 0) is 11.6 Å². The van der Waals surface area contributed by atoms with Crippen molar-refractivity contribution in [2.24, 2.45) is 0 Å². The molecule has 104 valence electrons. The smallest absolute Gasteiger partial charge is 0.280 e. The minimum atomic E-state index is -0.697. The summed E-state index contributed by atoms with van der Waals surface area (Å²) in [4.78, 5) is 23.1. The molecule has 1 atom stereocenters. The molecule has 2 aromatic carbocycles. The summed E-state index contributed by atoms with van der Waals surface area (Å²) in [5.74, 6) is -1.10. The third-order valence-corrected chi connectivity index (χ3v) is 3.18. The van der Waals surface area contributed by atoms with Crippen molar-refractivity contribution in [1.82, 2.24) is 0 Å². The first-order chi connectivity index (χ1) is 10.1. The summed E-state index contributed by atoms with van der Waals surface area (Å²) < 4.78 is 0. The number of nitro benzene ring substituents is 1. The summed E-state index contributed by atoms with van der Waals surface area (Å²) >= 11 is 0. The number of nitrogens with zero attached hydrogens (tertiary/aromatic N) is 2. The van der Waals surface area contributed by atoms with E-state index < -0.39 is 16.6 Å². The first-order valence-electron chi connectivity index (χ1n) is 6.34. The Bertz CT molecular complexity index is 705. The molecular weight excluding hydrogens is 268 g/mol. The molecule has 2 rings (SSSR count). The Labute approximate surface area is 121 Å². The van der Waals surface area contributed by atoms with Gasteiger partial charge >= 0.3 is 0 Å². The molecule has 0 aromatic heterocycles. The highest BCUT2D eigenvalue weighted by Crippen LogP contribution is 2.28. The van der Waals surface area contributed by atoms with Crippen molar-refractivity contribution in [3.8, 4) is 6.07 Å². The zero-order valence-corrected chi connectivity index (χ0v) is 11.1. The molecule has 0 aliphatic heterocycles. The van der Waals surface area contributed by atoms with Gasteiger partial charge in [0.05, 0.1) is 22.5 Å². The molecule has 0 N–H and O–H groups in total. The molecule has 0 saturated heterocycles. The van der Waals surface area contributed by atoms with Crippen LogP contribution in [-0.2, 0) is 0 Å². The van der Waals surface area contributed by atoms with Crippen LogP contribution in [0.4, 0.5) is 5.69 Å². The number of Topliss-reactive ketones (excluding diaryl/α,β-unsaturated/α-hetero) is 1. The van der Waals surface area contributed by atoms with Crippen LogP contribution in [0.15, 0.2) is 54.6 Å². The van der Waals surface area contributed by atoms with Gasteiger partial charge in [-0.25, -0.2) is 0 Å². The molecule has 0 spiro atoms. The Hall–Kier alpha value is -3.00. The van der Waals surface area contributed by atoms with Gasteiger partial charge < -0.3 is 0 Å². The van der Waals surface area contributed by atoms with Gasteiger partial charge in [-0.3, -0.25) is 14.9 Å². The summed E-state index contributed by atoms with van der Waals surface area (Å²) in [7, 11) is 0. The number of ketones is 1. The van der Waals surface area contributed by atoms with E-state index in [1.54, 1.807) is 30.3 Å². The lowest BCUT2D eigenvalue weighted by Crippen LogP contribution is -2.14. The number of hydrogen-bond donors (Lipinski definition) is 0. The summed E-state index contributed by atoms with van der Waals surface area (Å²) in [6, 6.07) is 16.6. The van der Waals surface area contributed by atoms with Gasteiger partial charge in [-0.1, -0.05) is 42.5 Å². The average Bonchev–Trinajstić information content (AvgIpc) is 2.52. The molecule has 21 heavy (non-hydrogen) atoms. The van der Waals surface area contributed by atoms with E-state index in [0.29, 0.717) is 5.56 Å². The fraction of sp³-hybridized carbons (Fsp3) is 0.125. The van der Waals surface area contributed by atoms with Crippen molar-refractivity contribution in [1.29, 1.82) is 5.26 Å². The van der Waals surface area contributed by atoms with Gasteiger partial charge in [0.2, 0.25) is 0 Å². The fourth-order valence-corrected chi connectivity index (χ4v) is 2.17. The van der Waals surface area contributed by atoms with Gasteiger partial charge in [-0.15, -0.1) is 0 Å². The molecule has 0 saturated carbocycles. The van der Waals surface area contributed by atoms with E-state index in [0.717, 1.165) is 0 Å². The molecule has 0 amide bonds. The predicted octanol–water partition coefficient (Wildman–Crippen LogP) is 3.47. The molecular formula is C16H12N2O3. The van der Waals surface area contributed by atoms with Crippen molar-refractivity contribution in [2.45, 2.75) is 12.3 Å². The summed E-state index contributed by atoms with van der Waals surface area (Å²) in [5, 5.41) is 20.0. The Morgan fingerprint density at radius 1 is 1.14 bits per heavy atom. The van der Waals surface area contributed by atoms with Crippen molar-refractivity contribution in [3.05, 3.63) is 75.8 Å². The van der Waals surface area contributed by atoms with Gasteiger partial charge in [0.25, 0.3) is 5.69 Å². The second-order valence-electron chi connectivity index (χ2n) is 4.46. The highest BCUT2D eigenvalue weighted by Gasteiger charge is 2.27. The highest BCUT2D eigenvalue weighted by atomic mass is 16.6. The van der Waals surface area contributed by atoms with Crippen LogP contribution in [-0.4, -0.2) is 10.7 Å². The van der Waals surface area contributed by atoms with Crippen LogP contribution < -0.4 is 0 Å². The minimum absolute atomic E-state index is 0.0190. The topological polar surface area (TPSA) is 84.0 Å². The maximum absolute atomic E-state index is 12.6. The highest BCUT2D eigenvalue weighted by molar-refractivity contribution is 6.04. The van der Waals surface area contributed by atoms with Gasteiger partial charge in [0.15, 0.2) is 5.78 Å². The number of para-hydroxylation sites is 1. The number of rotatable bonds is 5. The molecule has 2 aromatic rings. The van der Waals surface area contributed by atoms with Crippen molar-refractivity contribution < 1.29 is 9.72 Å². The number of carbonyl (C=O) groups is 1. The third kappa shape index (κ3) is 3.12. The van der Waals surface area contributed by atoms with Crippen molar-refractivity contribution in [3.63, 3.8) is 0 Å². The van der Waals surface area contributed by atoms with E-state index in [4.69, 9.17) is 5.26 Å². The normalized spacial score (nSPS) is 11.4. The van der Waals surface area contributed by atoms with E-state index in [1.807, 2.05) is 12.1 Å². The molecule has 0 bridgehead atoms. The van der Waals surface area contributed by atoms with E-state index in [-0.39, 0.29) is 17.7 Å². The van der Waals surface area contributed by atoms with Gasteiger partial charge in [0, 0.05) is 12.5 Å². The van der Waals surface area contributed by atoms with E-state index in [1.165, 1.54) is 18.2 Å². The summed E-state index contributed by atoms with van der Waals surface area (Å²) in [5.41, 5.74) is 0.482. The predicted molar refractivity (Wildman–Crippen MR) is 76.8 cm³/mol. The van der Waals surface area contributed by atoms with Crippen LogP contribution >= 0.6 is 0 Å². The van der Waals surface area contributed by atoms with Crippen LogP contribution in [0.25, 0.3) is 0 Å². The Kier molecular flexibility index (Phi) is 4.42. The molecule has 0 aliphatic rings. The first-order valence-corrected chi connectivity index (χ1v) is 6.34. The third-order valence-electron chi connectivity index (χ3n) is 3.18. The van der Waals surface area contributed by atoms with Crippen LogP contribution in [0.3, 0.4) is 0 Å². The van der Waals surface area contributed by atoms with E-state index in [9.17, 15) is 14.9 Å². The SMILES string of the molecule is N#CCC(C(=O)c1ccccc1[N+](=O)[O-])c1ccccc1. The zero-order chi connectivity index (χ0) is 15.2. The van der Waals surface area contributed by atoms with Crippen LogP contribution in [0.5, 0.6) is 0 Å². The molecule has 0 aliphatic carbocycles. The molecule has 0 radical (unpaired) electrons. The molecule has 0 fully saturated rings. The Morgan fingerprint density at radius 2 is 1.76 bits per heavy atom. The van der Waals surface area contributed by atoms with Crippen LogP contribution in [0.2, 0.25) is 0 Å². The fourth-order valence-electron chi connectivity index (χ4n) is 2.17. The van der Waals surface area contributed by atoms with Crippen LogP contribution in [0, 0.1) is 21.4 Å². The number of benzene rings is 2. The lowest BCUT2D eigenvalue weighted by Gasteiger charge is -2.13. The van der Waals surface area contributed by atoms with Crippen molar-refractivity contribution >= 4 is 11.5 Å². The average molecular weight is 280 g/mol. The van der Waals surface area contributed by atoms with Crippen LogP contribution in [0.1, 0.15) is 28.3 Å². The summed E-state index contributed by atoms with van der Waals surface area (Å²) in [6.45, 7) is 0. The first kappa shape index (κ1) is 14.4. The number of hydrogen-bond acceptors (Lipinski definition) is 4. The standard InChI is InChI=1S/C16H12N2O3/c17-11-10-13(12-6-2-1-3-7-12)16(19)14-8-4-5-9-15(14)18(20)21/h1-9,13H,10H2. The quantitative estimate of drug-likeness (QED) is 0.477. The van der Waals surface area contributed by atoms with Gasteiger partial charge in [0.1, 0.15) is 0 Å².